The summed E-state index contributed by atoms with van der Waals surface area (Å²) >= 11 is 5.89. The van der Waals surface area contributed by atoms with Gasteiger partial charge in [-0.1, -0.05) is 23.7 Å². The minimum absolute atomic E-state index is 0.103. The van der Waals surface area contributed by atoms with Crippen LogP contribution in [-0.4, -0.2) is 21.3 Å². The van der Waals surface area contributed by atoms with Crippen LogP contribution in [0.1, 0.15) is 12.0 Å². The van der Waals surface area contributed by atoms with Gasteiger partial charge in [-0.25, -0.2) is 9.37 Å². The van der Waals surface area contributed by atoms with Gasteiger partial charge in [0.2, 0.25) is 0 Å². The van der Waals surface area contributed by atoms with Crippen LogP contribution in [0.5, 0.6) is 0 Å². The average molecular weight is 348 g/mol. The zero-order valence-corrected chi connectivity index (χ0v) is 13.6. The van der Waals surface area contributed by atoms with Gasteiger partial charge < -0.3 is 5.11 Å². The fourth-order valence-electron chi connectivity index (χ4n) is 2.57. The summed E-state index contributed by atoms with van der Waals surface area (Å²) in [7, 11) is 0. The number of nitrogens with one attached hydrogen (secondary N) is 1. The highest BCUT2D eigenvalue weighted by Crippen LogP contribution is 2.10. The van der Waals surface area contributed by atoms with E-state index in [9.17, 15) is 9.59 Å². The summed E-state index contributed by atoms with van der Waals surface area (Å²) in [5.74, 6) is 0.382. The molecule has 0 fully saturated rings. The monoisotopic (exact) mass is 347 g/mol. The number of rotatable bonds is 5. The summed E-state index contributed by atoms with van der Waals surface area (Å²) < 4.78 is 2.73. The van der Waals surface area contributed by atoms with Gasteiger partial charge in [0.05, 0.1) is 0 Å². The quantitative estimate of drug-likeness (QED) is 0.705. The van der Waals surface area contributed by atoms with E-state index in [0.29, 0.717) is 23.8 Å². The Morgan fingerprint density at radius 1 is 1.29 bits per heavy atom. The van der Waals surface area contributed by atoms with Crippen molar-refractivity contribution >= 4 is 11.6 Å². The zero-order chi connectivity index (χ0) is 17.3. The molecular weight excluding hydrogens is 332 g/mol. The molecule has 3 rings (SSSR count). The fourth-order valence-corrected chi connectivity index (χ4v) is 2.69. The number of aromatic nitrogens is 2. The van der Waals surface area contributed by atoms with E-state index in [0.717, 1.165) is 10.1 Å². The van der Waals surface area contributed by atoms with Crippen molar-refractivity contribution in [3.63, 3.8) is 0 Å². The van der Waals surface area contributed by atoms with Gasteiger partial charge in [0.1, 0.15) is 6.54 Å². The van der Waals surface area contributed by atoms with E-state index in [-0.39, 0.29) is 24.0 Å². The molecule has 0 atom stereocenters. The summed E-state index contributed by atoms with van der Waals surface area (Å²) in [4.78, 5) is 31.5. The number of H-pyrrole nitrogens is 1. The van der Waals surface area contributed by atoms with Crippen LogP contribution >= 0.6 is 11.6 Å². The zero-order valence-electron chi connectivity index (χ0n) is 12.8. The molecule has 0 bridgehead atoms. The van der Waals surface area contributed by atoms with Crippen LogP contribution in [-0.2, 0) is 13.1 Å². The Morgan fingerprint density at radius 3 is 2.67 bits per heavy atom. The number of fused-ring (bicyclic) bond motifs is 1. The van der Waals surface area contributed by atoms with E-state index in [1.165, 1.54) is 0 Å². The molecule has 0 saturated carbocycles. The molecule has 0 amide bonds. The molecule has 124 valence electrons. The lowest BCUT2D eigenvalue weighted by Crippen LogP contribution is -2.56. The second-order valence-electron chi connectivity index (χ2n) is 5.40. The van der Waals surface area contributed by atoms with Gasteiger partial charge in [0, 0.05) is 18.2 Å². The van der Waals surface area contributed by atoms with E-state index < -0.39 is 11.2 Å². The van der Waals surface area contributed by atoms with Gasteiger partial charge in [-0.15, -0.1) is 0 Å². The van der Waals surface area contributed by atoms with Crippen LogP contribution in [0, 0.1) is 0 Å². The molecule has 0 unspecified atom stereocenters. The molecule has 2 N–H and O–H groups in total. The predicted molar refractivity (Wildman–Crippen MR) is 89.3 cm³/mol. The first-order chi connectivity index (χ1) is 11.5. The van der Waals surface area contributed by atoms with Gasteiger partial charge in [-0.2, -0.15) is 0 Å². The number of hydrogen-bond acceptors (Lipinski definition) is 4. The molecule has 1 aromatic heterocycles. The highest BCUT2D eigenvalue weighted by Gasteiger charge is 2.25. The molecule has 0 aliphatic carbocycles. The van der Waals surface area contributed by atoms with Crippen molar-refractivity contribution in [1.29, 1.82) is 0 Å². The number of aliphatic hydroxyl groups excluding tert-OH is 1. The molecule has 8 heteroatoms. The van der Waals surface area contributed by atoms with Crippen LogP contribution in [0.25, 0.3) is 0 Å². The van der Waals surface area contributed by atoms with Crippen molar-refractivity contribution in [3.05, 3.63) is 78.9 Å². The number of benzene rings is 1. The summed E-state index contributed by atoms with van der Waals surface area (Å²) in [6.45, 7) is 4.27. The van der Waals surface area contributed by atoms with Crippen molar-refractivity contribution in [1.82, 2.24) is 14.1 Å². The third kappa shape index (κ3) is 2.95. The number of nitrogens with zero attached hydrogens (tertiary/aromatic N) is 3. The molecule has 0 saturated heterocycles. The highest BCUT2D eigenvalue weighted by molar-refractivity contribution is 6.30. The molecule has 2 aromatic rings. The summed E-state index contributed by atoms with van der Waals surface area (Å²) in [5, 5.41) is 9.84. The first-order valence-electron chi connectivity index (χ1n) is 7.42. The van der Waals surface area contributed by atoms with Gasteiger partial charge in [-0.05, 0) is 35.7 Å². The van der Waals surface area contributed by atoms with E-state index in [2.05, 4.69) is 16.6 Å². The largest absolute Gasteiger partial charge is 0.396 e. The van der Waals surface area contributed by atoms with Gasteiger partial charge in [0.15, 0.2) is 0 Å². The third-order valence-corrected chi connectivity index (χ3v) is 4.01. The second kappa shape index (κ2) is 6.54. The van der Waals surface area contributed by atoms with Crippen molar-refractivity contribution in [2.75, 3.05) is 6.61 Å². The Bertz CT molecular complexity index is 1030. The smallest absolute Gasteiger partial charge is 0.331 e. The summed E-state index contributed by atoms with van der Waals surface area (Å²) in [6, 6.07) is 7.23. The fraction of sp³-hybridized carbons (Fsp3) is 0.250. The minimum atomic E-state index is -0.544. The summed E-state index contributed by atoms with van der Waals surface area (Å²) in [6.07, 6.45) is 0.317. The first kappa shape index (κ1) is 16.4. The van der Waals surface area contributed by atoms with E-state index >= 15 is 0 Å². The van der Waals surface area contributed by atoms with Crippen molar-refractivity contribution in [3.8, 4) is 0 Å². The SMILES string of the molecule is C=C1N=c2[nH]c(=O)n(CCCO)c(=O)c2=[N+]1Cc1ccc(Cl)cc1. The third-order valence-electron chi connectivity index (χ3n) is 3.76. The Kier molecular flexibility index (Phi) is 4.46. The van der Waals surface area contributed by atoms with Crippen molar-refractivity contribution in [2.45, 2.75) is 19.5 Å². The molecule has 2 heterocycles. The highest BCUT2D eigenvalue weighted by atomic mass is 35.5. The Morgan fingerprint density at radius 2 is 2.00 bits per heavy atom. The van der Waals surface area contributed by atoms with Crippen molar-refractivity contribution < 1.29 is 5.11 Å². The minimum Gasteiger partial charge on any atom is -0.396 e. The number of hydrogen-bond donors (Lipinski definition) is 2. The Hall–Kier alpha value is -2.51. The molecule has 1 aliphatic rings. The lowest BCUT2D eigenvalue weighted by molar-refractivity contribution is 0.277. The number of halogens is 1. The Balaban J connectivity index is 2.17. The predicted octanol–water partition coefficient (Wildman–Crippen LogP) is -0.632. The Labute approximate surface area is 141 Å². The molecule has 0 radical (unpaired) electrons. The molecule has 1 aromatic carbocycles. The van der Waals surface area contributed by atoms with Crippen LogP contribution in [0.15, 0.2) is 51.2 Å². The van der Waals surface area contributed by atoms with E-state index in [1.54, 1.807) is 16.7 Å². The van der Waals surface area contributed by atoms with Crippen LogP contribution in [0.3, 0.4) is 0 Å². The first-order valence-corrected chi connectivity index (χ1v) is 7.79. The standard InChI is InChI=1S/C16H15ClN4O3/c1-10-18-14-13(15(23)20(7-2-8-22)16(24)19-14)21(10)9-11-3-5-12(17)6-4-11/h3-6,22H,1-2,7-9H2/p+1. The van der Waals surface area contributed by atoms with Crippen LogP contribution < -0.4 is 26.7 Å². The maximum absolute atomic E-state index is 12.7. The molecule has 1 aliphatic heterocycles. The van der Waals surface area contributed by atoms with E-state index in [4.69, 9.17) is 16.7 Å². The molecule has 7 nitrogen and oxygen atoms in total. The lowest BCUT2D eigenvalue weighted by atomic mass is 10.2. The van der Waals surface area contributed by atoms with Gasteiger partial charge >= 0.3 is 22.6 Å². The lowest BCUT2D eigenvalue weighted by Gasteiger charge is -2.03. The van der Waals surface area contributed by atoms with Crippen LogP contribution in [0.4, 0.5) is 0 Å². The maximum Gasteiger partial charge on any atom is 0.331 e. The molecular formula is C16H16ClN4O3+. The molecule has 24 heavy (non-hydrogen) atoms. The second-order valence-corrected chi connectivity index (χ2v) is 5.84. The number of aromatic amines is 1. The topological polar surface area (TPSA) is 90.5 Å². The maximum atomic E-state index is 12.7. The average Bonchev–Trinajstić information content (AvgIpc) is 2.85. The van der Waals surface area contributed by atoms with Gasteiger partial charge in [0.25, 0.3) is 5.36 Å². The van der Waals surface area contributed by atoms with Crippen molar-refractivity contribution in [2.24, 2.45) is 4.99 Å². The van der Waals surface area contributed by atoms with Crippen LogP contribution in [0.2, 0.25) is 5.02 Å². The normalized spacial score (nSPS) is 13.1. The number of aliphatic hydroxyl groups is 1. The summed E-state index contributed by atoms with van der Waals surface area (Å²) in [5.41, 5.74) is 0.149. The molecule has 0 spiro atoms. The van der Waals surface area contributed by atoms with E-state index in [1.807, 2.05) is 12.1 Å². The van der Waals surface area contributed by atoms with Gasteiger partial charge in [-0.3, -0.25) is 14.3 Å².